The normalized spacial score (nSPS) is 13.1. The predicted molar refractivity (Wildman–Crippen MR) is 76.3 cm³/mol. The van der Waals surface area contributed by atoms with Crippen molar-refractivity contribution in [2.24, 2.45) is 7.05 Å². The number of pyridine rings is 1. The Labute approximate surface area is 118 Å². The molecule has 0 fully saturated rings. The van der Waals surface area contributed by atoms with Gasteiger partial charge in [0.25, 0.3) is 0 Å². The summed E-state index contributed by atoms with van der Waals surface area (Å²) < 4.78 is 1.78. The van der Waals surface area contributed by atoms with Gasteiger partial charge in [0.15, 0.2) is 0 Å². The Balaban J connectivity index is 1.91. The lowest BCUT2D eigenvalue weighted by Gasteiger charge is -2.19. The third-order valence-electron chi connectivity index (χ3n) is 3.69. The molecule has 0 spiro atoms. The lowest BCUT2D eigenvalue weighted by molar-refractivity contribution is 0.766. The molecular weight excluding hydrogens is 250 g/mol. The summed E-state index contributed by atoms with van der Waals surface area (Å²) in [5.41, 5.74) is 4.16. The zero-order valence-electron chi connectivity index (χ0n) is 11.8. The third-order valence-corrected chi connectivity index (χ3v) is 3.69. The lowest BCUT2D eigenvalue weighted by atomic mass is 10.1. The van der Waals surface area contributed by atoms with E-state index in [-0.39, 0.29) is 0 Å². The van der Waals surface area contributed by atoms with Gasteiger partial charge in [-0.05, 0) is 30.9 Å². The van der Waals surface area contributed by atoms with E-state index in [2.05, 4.69) is 11.2 Å². The van der Waals surface area contributed by atoms with E-state index in [1.54, 1.807) is 4.68 Å². The maximum absolute atomic E-state index is 9.34. The fourth-order valence-corrected chi connectivity index (χ4v) is 2.74. The van der Waals surface area contributed by atoms with Crippen LogP contribution in [0.3, 0.4) is 0 Å². The number of hydrogen-bond acceptors (Lipinski definition) is 4. The van der Waals surface area contributed by atoms with Crippen molar-refractivity contribution in [3.8, 4) is 6.07 Å². The molecule has 2 heterocycles. The molecule has 0 saturated carbocycles. The Bertz CT molecular complexity index is 680. The number of rotatable bonds is 3. The molecule has 3 rings (SSSR count). The van der Waals surface area contributed by atoms with Gasteiger partial charge >= 0.3 is 0 Å². The molecule has 0 amide bonds. The van der Waals surface area contributed by atoms with Crippen LogP contribution in [0.15, 0.2) is 18.5 Å². The second-order valence-electron chi connectivity index (χ2n) is 5.31. The average molecular weight is 267 g/mol. The molecule has 0 N–H and O–H groups in total. The summed E-state index contributed by atoms with van der Waals surface area (Å²) in [5, 5.41) is 13.5. The molecule has 20 heavy (non-hydrogen) atoms. The van der Waals surface area contributed by atoms with Gasteiger partial charge in [-0.3, -0.25) is 4.68 Å². The van der Waals surface area contributed by atoms with Gasteiger partial charge in [-0.25, -0.2) is 4.98 Å². The van der Waals surface area contributed by atoms with Crippen molar-refractivity contribution in [2.45, 2.75) is 25.8 Å². The van der Waals surface area contributed by atoms with Gasteiger partial charge in [-0.15, -0.1) is 0 Å². The molecule has 0 bridgehead atoms. The standard InChI is InChI=1S/C15H17N5/c1-19(9-11-8-17-20(2)10-11)15-13(7-16)6-12-4-3-5-14(12)18-15/h6,8,10H,3-5,9H2,1-2H3. The van der Waals surface area contributed by atoms with Crippen LogP contribution < -0.4 is 4.90 Å². The Morgan fingerprint density at radius 1 is 1.45 bits per heavy atom. The molecular formula is C15H17N5. The highest BCUT2D eigenvalue weighted by atomic mass is 15.2. The highest BCUT2D eigenvalue weighted by Crippen LogP contribution is 2.27. The molecule has 0 saturated heterocycles. The van der Waals surface area contributed by atoms with E-state index in [9.17, 15) is 5.26 Å². The van der Waals surface area contributed by atoms with Crippen LogP contribution in [-0.4, -0.2) is 21.8 Å². The summed E-state index contributed by atoms with van der Waals surface area (Å²) in [4.78, 5) is 6.73. The van der Waals surface area contributed by atoms with Crippen LogP contribution in [-0.2, 0) is 26.4 Å². The molecule has 1 aliphatic rings. The number of nitriles is 1. The highest BCUT2D eigenvalue weighted by molar-refractivity contribution is 5.56. The van der Waals surface area contributed by atoms with Gasteiger partial charge < -0.3 is 4.90 Å². The fourth-order valence-electron chi connectivity index (χ4n) is 2.74. The van der Waals surface area contributed by atoms with Crippen LogP contribution in [0.5, 0.6) is 0 Å². The molecule has 5 nitrogen and oxygen atoms in total. The Hall–Kier alpha value is -2.35. The van der Waals surface area contributed by atoms with Crippen molar-refractivity contribution < 1.29 is 0 Å². The van der Waals surface area contributed by atoms with E-state index in [0.29, 0.717) is 12.1 Å². The second kappa shape index (κ2) is 4.97. The van der Waals surface area contributed by atoms with Crippen LogP contribution >= 0.6 is 0 Å². The molecule has 5 heteroatoms. The molecule has 0 aliphatic heterocycles. The van der Waals surface area contributed by atoms with Gasteiger partial charge in [0, 0.05) is 38.1 Å². The van der Waals surface area contributed by atoms with Crippen molar-refractivity contribution in [1.29, 1.82) is 5.26 Å². The Morgan fingerprint density at radius 3 is 3.00 bits per heavy atom. The van der Waals surface area contributed by atoms with E-state index in [1.165, 1.54) is 5.56 Å². The molecule has 0 unspecified atom stereocenters. The largest absolute Gasteiger partial charge is 0.354 e. The smallest absolute Gasteiger partial charge is 0.146 e. The topological polar surface area (TPSA) is 57.7 Å². The summed E-state index contributed by atoms with van der Waals surface area (Å²) in [6.07, 6.45) is 7.03. The molecule has 2 aromatic heterocycles. The number of hydrogen-bond donors (Lipinski definition) is 0. The summed E-state index contributed by atoms with van der Waals surface area (Å²) in [7, 11) is 3.87. The van der Waals surface area contributed by atoms with Crippen molar-refractivity contribution >= 4 is 5.82 Å². The molecule has 102 valence electrons. The van der Waals surface area contributed by atoms with Crippen LogP contribution in [0.2, 0.25) is 0 Å². The van der Waals surface area contributed by atoms with Gasteiger partial charge in [0.1, 0.15) is 11.9 Å². The minimum Gasteiger partial charge on any atom is -0.354 e. The number of anilines is 1. The number of aryl methyl sites for hydroxylation is 3. The van der Waals surface area contributed by atoms with E-state index in [4.69, 9.17) is 4.98 Å². The quantitative estimate of drug-likeness (QED) is 0.851. The summed E-state index contributed by atoms with van der Waals surface area (Å²) in [5.74, 6) is 0.775. The maximum Gasteiger partial charge on any atom is 0.146 e. The van der Waals surface area contributed by atoms with Gasteiger partial charge in [0.2, 0.25) is 0 Å². The number of nitrogens with zero attached hydrogens (tertiary/aromatic N) is 5. The van der Waals surface area contributed by atoms with E-state index >= 15 is 0 Å². The monoisotopic (exact) mass is 267 g/mol. The zero-order valence-corrected chi connectivity index (χ0v) is 11.8. The van der Waals surface area contributed by atoms with Crippen LogP contribution in [0, 0.1) is 11.3 Å². The first-order chi connectivity index (χ1) is 9.67. The lowest BCUT2D eigenvalue weighted by Crippen LogP contribution is -2.19. The van der Waals surface area contributed by atoms with Gasteiger partial charge in [0.05, 0.1) is 11.8 Å². The predicted octanol–water partition coefficient (Wildman–Crippen LogP) is 1.81. The molecule has 0 aromatic carbocycles. The van der Waals surface area contributed by atoms with Crippen LogP contribution in [0.4, 0.5) is 5.82 Å². The maximum atomic E-state index is 9.34. The minimum atomic E-state index is 0.664. The van der Waals surface area contributed by atoms with E-state index in [1.807, 2.05) is 37.5 Å². The van der Waals surface area contributed by atoms with Crippen molar-refractivity contribution in [1.82, 2.24) is 14.8 Å². The van der Waals surface area contributed by atoms with Crippen LogP contribution in [0.1, 0.15) is 28.8 Å². The Morgan fingerprint density at radius 2 is 2.30 bits per heavy atom. The van der Waals surface area contributed by atoms with Gasteiger partial charge in [-0.2, -0.15) is 10.4 Å². The first-order valence-electron chi connectivity index (χ1n) is 6.79. The highest BCUT2D eigenvalue weighted by Gasteiger charge is 2.18. The van der Waals surface area contributed by atoms with E-state index < -0.39 is 0 Å². The molecule has 1 aliphatic carbocycles. The molecule has 0 atom stereocenters. The summed E-state index contributed by atoms with van der Waals surface area (Å²) >= 11 is 0. The summed E-state index contributed by atoms with van der Waals surface area (Å²) in [6, 6.07) is 4.28. The van der Waals surface area contributed by atoms with Crippen molar-refractivity contribution in [3.63, 3.8) is 0 Å². The van der Waals surface area contributed by atoms with E-state index in [0.717, 1.165) is 36.3 Å². The van der Waals surface area contributed by atoms with Crippen molar-refractivity contribution in [3.05, 3.63) is 40.8 Å². The fraction of sp³-hybridized carbons (Fsp3) is 0.400. The Kier molecular flexibility index (Phi) is 3.15. The SMILES string of the molecule is CN(Cc1cnn(C)c1)c1nc2c(cc1C#N)CCC2. The van der Waals surface area contributed by atoms with Crippen LogP contribution in [0.25, 0.3) is 0 Å². The number of fused-ring (bicyclic) bond motifs is 1. The average Bonchev–Trinajstić information content (AvgIpc) is 3.05. The first kappa shape index (κ1) is 12.7. The number of aromatic nitrogens is 3. The zero-order chi connectivity index (χ0) is 14.1. The minimum absolute atomic E-state index is 0.664. The van der Waals surface area contributed by atoms with Crippen molar-refractivity contribution in [2.75, 3.05) is 11.9 Å². The molecule has 0 radical (unpaired) electrons. The molecule has 2 aromatic rings. The first-order valence-corrected chi connectivity index (χ1v) is 6.79. The van der Waals surface area contributed by atoms with Gasteiger partial charge in [-0.1, -0.05) is 0 Å². The second-order valence-corrected chi connectivity index (χ2v) is 5.31. The third kappa shape index (κ3) is 2.25. The summed E-state index contributed by atoms with van der Waals surface area (Å²) in [6.45, 7) is 0.703.